The van der Waals surface area contributed by atoms with Gasteiger partial charge in [-0.2, -0.15) is 0 Å². The molecule has 142 valence electrons. The van der Waals surface area contributed by atoms with Gasteiger partial charge < -0.3 is 20.1 Å². The summed E-state index contributed by atoms with van der Waals surface area (Å²) in [6.07, 6.45) is 2.99. The van der Waals surface area contributed by atoms with E-state index in [4.69, 9.17) is 4.74 Å². The van der Waals surface area contributed by atoms with Gasteiger partial charge in [0.25, 0.3) is 0 Å². The van der Waals surface area contributed by atoms with E-state index in [1.165, 1.54) is 10.9 Å². The predicted octanol–water partition coefficient (Wildman–Crippen LogP) is 4.28. The lowest BCUT2D eigenvalue weighted by Crippen LogP contribution is -2.16. The molecule has 3 N–H and O–H groups in total. The van der Waals surface area contributed by atoms with Crippen molar-refractivity contribution in [3.05, 3.63) is 78.0 Å². The van der Waals surface area contributed by atoms with Gasteiger partial charge >= 0.3 is 0 Å². The molecule has 5 heteroatoms. The number of aromatic hydroxyl groups is 1. The highest BCUT2D eigenvalue weighted by Gasteiger charge is 2.07. The fraction of sp³-hybridized carbons (Fsp3) is 0.174. The summed E-state index contributed by atoms with van der Waals surface area (Å²) in [5, 5.41) is 14.9. The number of ether oxygens (including phenoxy) is 1. The van der Waals surface area contributed by atoms with Gasteiger partial charge in [-0.25, -0.2) is 4.98 Å². The van der Waals surface area contributed by atoms with Crippen molar-refractivity contribution in [2.75, 3.05) is 13.7 Å². The fourth-order valence-corrected chi connectivity index (χ4v) is 3.36. The standard InChI is InChI=1S/C23H23N3O2/c1-28-23-8-4-7-20(26-23)16-9-10-22(27)18(13-16)14-24-12-11-17-15-25-21-6-3-2-5-19(17)21/h2-10,13,15,24-25,27H,11-12,14H2,1H3. The van der Waals surface area contributed by atoms with Crippen molar-refractivity contribution in [3.8, 4) is 22.9 Å². The number of para-hydroxylation sites is 1. The van der Waals surface area contributed by atoms with Crippen LogP contribution in [0, 0.1) is 0 Å². The normalized spacial score (nSPS) is 11.0. The van der Waals surface area contributed by atoms with Crippen molar-refractivity contribution in [3.63, 3.8) is 0 Å². The third-order valence-corrected chi connectivity index (χ3v) is 4.87. The van der Waals surface area contributed by atoms with Gasteiger partial charge in [-0.05, 0) is 48.9 Å². The summed E-state index contributed by atoms with van der Waals surface area (Å²) in [4.78, 5) is 7.77. The lowest BCUT2D eigenvalue weighted by Gasteiger charge is -2.10. The molecule has 0 atom stereocenters. The van der Waals surface area contributed by atoms with Crippen LogP contribution in [0.15, 0.2) is 66.9 Å². The lowest BCUT2D eigenvalue weighted by atomic mass is 10.1. The summed E-state index contributed by atoms with van der Waals surface area (Å²) in [6.45, 7) is 1.41. The molecule has 0 aliphatic carbocycles. The van der Waals surface area contributed by atoms with Gasteiger partial charge in [0.2, 0.25) is 5.88 Å². The molecule has 0 spiro atoms. The number of hydrogen-bond acceptors (Lipinski definition) is 4. The second-order valence-corrected chi connectivity index (χ2v) is 6.69. The molecular weight excluding hydrogens is 350 g/mol. The maximum atomic E-state index is 10.2. The monoisotopic (exact) mass is 373 g/mol. The number of aromatic nitrogens is 2. The first-order valence-electron chi connectivity index (χ1n) is 9.33. The maximum Gasteiger partial charge on any atom is 0.213 e. The molecule has 0 radical (unpaired) electrons. The van der Waals surface area contributed by atoms with Crippen LogP contribution in [0.2, 0.25) is 0 Å². The van der Waals surface area contributed by atoms with Crippen LogP contribution in [-0.4, -0.2) is 28.7 Å². The second-order valence-electron chi connectivity index (χ2n) is 6.69. The Labute approximate surface area is 164 Å². The number of fused-ring (bicyclic) bond motifs is 1. The number of rotatable bonds is 7. The van der Waals surface area contributed by atoms with E-state index < -0.39 is 0 Å². The first-order chi connectivity index (χ1) is 13.7. The Kier molecular flexibility index (Phi) is 5.26. The third-order valence-electron chi connectivity index (χ3n) is 4.87. The van der Waals surface area contributed by atoms with Gasteiger partial charge in [-0.15, -0.1) is 0 Å². The van der Waals surface area contributed by atoms with Crippen LogP contribution in [0.25, 0.3) is 22.2 Å². The van der Waals surface area contributed by atoms with Gasteiger partial charge in [-0.3, -0.25) is 0 Å². The number of benzene rings is 2. The Morgan fingerprint density at radius 2 is 1.93 bits per heavy atom. The molecule has 4 aromatic rings. The van der Waals surface area contributed by atoms with E-state index in [0.717, 1.165) is 35.3 Å². The quantitative estimate of drug-likeness (QED) is 0.423. The molecule has 28 heavy (non-hydrogen) atoms. The number of aromatic amines is 1. The Hall–Kier alpha value is -3.31. The molecule has 0 unspecified atom stereocenters. The van der Waals surface area contributed by atoms with E-state index >= 15 is 0 Å². The van der Waals surface area contributed by atoms with Crippen molar-refractivity contribution in [2.24, 2.45) is 0 Å². The summed E-state index contributed by atoms with van der Waals surface area (Å²) in [7, 11) is 1.60. The van der Waals surface area contributed by atoms with Gasteiger partial charge in [0.15, 0.2) is 0 Å². The summed E-state index contributed by atoms with van der Waals surface area (Å²) in [5.41, 5.74) is 5.07. The van der Waals surface area contributed by atoms with E-state index in [1.54, 1.807) is 13.2 Å². The van der Waals surface area contributed by atoms with Gasteiger partial charge in [0, 0.05) is 40.8 Å². The molecular formula is C23H23N3O2. The molecule has 0 amide bonds. The average molecular weight is 373 g/mol. The SMILES string of the molecule is COc1cccc(-c2ccc(O)c(CNCCc3c[nH]c4ccccc34)c2)n1. The highest BCUT2D eigenvalue weighted by atomic mass is 16.5. The Balaban J connectivity index is 1.42. The minimum Gasteiger partial charge on any atom is -0.508 e. The number of nitrogens with zero attached hydrogens (tertiary/aromatic N) is 1. The average Bonchev–Trinajstić information content (AvgIpc) is 3.15. The van der Waals surface area contributed by atoms with E-state index in [2.05, 4.69) is 39.7 Å². The van der Waals surface area contributed by atoms with Crippen LogP contribution in [-0.2, 0) is 13.0 Å². The van der Waals surface area contributed by atoms with Gasteiger partial charge in [-0.1, -0.05) is 24.3 Å². The second kappa shape index (κ2) is 8.15. The molecule has 2 aromatic heterocycles. The van der Waals surface area contributed by atoms with Crippen molar-refractivity contribution in [1.82, 2.24) is 15.3 Å². The maximum absolute atomic E-state index is 10.2. The smallest absolute Gasteiger partial charge is 0.213 e. The molecule has 0 bridgehead atoms. The van der Waals surface area contributed by atoms with Crippen molar-refractivity contribution < 1.29 is 9.84 Å². The zero-order valence-electron chi connectivity index (χ0n) is 15.8. The number of hydrogen-bond donors (Lipinski definition) is 3. The molecule has 2 heterocycles. The zero-order chi connectivity index (χ0) is 19.3. The highest BCUT2D eigenvalue weighted by molar-refractivity contribution is 5.83. The molecule has 0 aliphatic heterocycles. The van der Waals surface area contributed by atoms with E-state index in [-0.39, 0.29) is 5.75 Å². The number of pyridine rings is 1. The number of nitrogens with one attached hydrogen (secondary N) is 2. The lowest BCUT2D eigenvalue weighted by molar-refractivity contribution is 0.398. The van der Waals surface area contributed by atoms with Crippen molar-refractivity contribution >= 4 is 10.9 Å². The number of phenols is 1. The number of phenolic OH excluding ortho intramolecular Hbond substituents is 1. The summed E-state index contributed by atoms with van der Waals surface area (Å²) in [5.74, 6) is 0.857. The summed E-state index contributed by atoms with van der Waals surface area (Å²) >= 11 is 0. The molecule has 0 saturated carbocycles. The van der Waals surface area contributed by atoms with E-state index in [1.807, 2.05) is 36.4 Å². The van der Waals surface area contributed by atoms with Crippen LogP contribution < -0.4 is 10.1 Å². The minimum absolute atomic E-state index is 0.284. The molecule has 5 nitrogen and oxygen atoms in total. The molecule has 0 saturated heterocycles. The Bertz CT molecular complexity index is 1090. The van der Waals surface area contributed by atoms with E-state index in [0.29, 0.717) is 12.4 Å². The Morgan fingerprint density at radius 1 is 1.04 bits per heavy atom. The molecule has 0 fully saturated rings. The molecule has 0 aliphatic rings. The largest absolute Gasteiger partial charge is 0.508 e. The first-order valence-corrected chi connectivity index (χ1v) is 9.33. The van der Waals surface area contributed by atoms with Crippen LogP contribution in [0.1, 0.15) is 11.1 Å². The van der Waals surface area contributed by atoms with Gasteiger partial charge in [0.1, 0.15) is 5.75 Å². The summed E-state index contributed by atoms with van der Waals surface area (Å²) < 4.78 is 5.20. The number of methoxy groups -OCH3 is 1. The topological polar surface area (TPSA) is 70.2 Å². The first kappa shape index (κ1) is 18.1. The van der Waals surface area contributed by atoms with Gasteiger partial charge in [0.05, 0.1) is 12.8 Å². The highest BCUT2D eigenvalue weighted by Crippen LogP contribution is 2.26. The number of H-pyrrole nitrogens is 1. The van der Waals surface area contributed by atoms with Crippen molar-refractivity contribution in [1.29, 1.82) is 0 Å². The Morgan fingerprint density at radius 3 is 2.82 bits per heavy atom. The van der Waals surface area contributed by atoms with Crippen LogP contribution in [0.4, 0.5) is 0 Å². The van der Waals surface area contributed by atoms with Crippen molar-refractivity contribution in [2.45, 2.75) is 13.0 Å². The fourth-order valence-electron chi connectivity index (χ4n) is 3.36. The minimum atomic E-state index is 0.284. The third kappa shape index (κ3) is 3.85. The van der Waals surface area contributed by atoms with Crippen LogP contribution >= 0.6 is 0 Å². The summed E-state index contributed by atoms with van der Waals surface area (Å²) in [6, 6.07) is 19.5. The molecule has 2 aromatic carbocycles. The van der Waals surface area contributed by atoms with E-state index in [9.17, 15) is 5.11 Å². The van der Waals surface area contributed by atoms with Crippen LogP contribution in [0.5, 0.6) is 11.6 Å². The molecule has 4 rings (SSSR count). The van der Waals surface area contributed by atoms with Crippen LogP contribution in [0.3, 0.4) is 0 Å². The predicted molar refractivity (Wildman–Crippen MR) is 112 cm³/mol. The zero-order valence-corrected chi connectivity index (χ0v) is 15.8.